The quantitative estimate of drug-likeness (QED) is 0.194. The van der Waals surface area contributed by atoms with Gasteiger partial charge in [0.2, 0.25) is 0 Å². The number of halogens is 1. The molecule has 2 aromatic heterocycles. The highest BCUT2D eigenvalue weighted by Gasteiger charge is 2.10. The van der Waals surface area contributed by atoms with Crippen LogP contribution in [-0.4, -0.2) is 32.0 Å². The summed E-state index contributed by atoms with van der Waals surface area (Å²) in [5, 5.41) is 12.5. The summed E-state index contributed by atoms with van der Waals surface area (Å²) in [6, 6.07) is 11.7. The highest BCUT2D eigenvalue weighted by molar-refractivity contribution is 14.0. The summed E-state index contributed by atoms with van der Waals surface area (Å²) in [6.45, 7) is 3.96. The third-order valence-electron chi connectivity index (χ3n) is 4.26. The zero-order chi connectivity index (χ0) is 19.1. The van der Waals surface area contributed by atoms with Crippen LogP contribution in [0.2, 0.25) is 0 Å². The van der Waals surface area contributed by atoms with Crippen LogP contribution >= 0.6 is 35.3 Å². The molecular formula is C20H25IN4O2S. The molecule has 0 aliphatic rings. The third kappa shape index (κ3) is 5.71. The van der Waals surface area contributed by atoms with Gasteiger partial charge in [0.25, 0.3) is 5.91 Å². The Morgan fingerprint density at radius 2 is 1.89 bits per heavy atom. The van der Waals surface area contributed by atoms with Crippen LogP contribution in [0.25, 0.3) is 11.0 Å². The third-order valence-corrected chi connectivity index (χ3v) is 5.13. The van der Waals surface area contributed by atoms with Crippen LogP contribution in [0.4, 0.5) is 0 Å². The number of nitrogens with one attached hydrogen (secondary N) is 3. The zero-order valence-corrected chi connectivity index (χ0v) is 19.1. The number of hydrogen-bond acceptors (Lipinski definition) is 4. The molecule has 0 spiro atoms. The molecule has 0 atom stereocenters. The molecule has 0 saturated carbocycles. The smallest absolute Gasteiger partial charge is 0.261 e. The lowest BCUT2D eigenvalue weighted by Gasteiger charge is -2.11. The van der Waals surface area contributed by atoms with Crippen LogP contribution in [0.15, 0.2) is 51.2 Å². The molecule has 0 unspecified atom stereocenters. The van der Waals surface area contributed by atoms with Crippen molar-refractivity contribution in [2.75, 3.05) is 20.1 Å². The van der Waals surface area contributed by atoms with Gasteiger partial charge in [-0.15, -0.1) is 35.3 Å². The summed E-state index contributed by atoms with van der Waals surface area (Å²) in [5.74, 6) is 1.59. The van der Waals surface area contributed by atoms with Gasteiger partial charge in [0.05, 0.1) is 11.4 Å². The van der Waals surface area contributed by atoms with Gasteiger partial charge in [-0.3, -0.25) is 9.79 Å². The van der Waals surface area contributed by atoms with Crippen molar-refractivity contribution < 1.29 is 9.21 Å². The van der Waals surface area contributed by atoms with E-state index in [0.717, 1.165) is 33.6 Å². The van der Waals surface area contributed by atoms with E-state index in [-0.39, 0.29) is 29.9 Å². The Kier molecular flexibility index (Phi) is 8.78. The number of carbonyl (C=O) groups is 1. The summed E-state index contributed by atoms with van der Waals surface area (Å²) < 4.78 is 5.91. The van der Waals surface area contributed by atoms with E-state index in [1.54, 1.807) is 7.05 Å². The molecule has 0 aliphatic carbocycles. The number of rotatable bonds is 7. The van der Waals surface area contributed by atoms with Crippen LogP contribution in [-0.2, 0) is 6.54 Å². The van der Waals surface area contributed by atoms with Gasteiger partial charge in [-0.25, -0.2) is 0 Å². The van der Waals surface area contributed by atoms with Crippen molar-refractivity contribution in [1.82, 2.24) is 16.0 Å². The second kappa shape index (κ2) is 11.1. The summed E-state index contributed by atoms with van der Waals surface area (Å²) >= 11 is 1.44. The minimum Gasteiger partial charge on any atom is -0.459 e. The summed E-state index contributed by atoms with van der Waals surface area (Å²) in [6.07, 6.45) is 0.807. The van der Waals surface area contributed by atoms with Crippen molar-refractivity contribution in [3.63, 3.8) is 0 Å². The van der Waals surface area contributed by atoms with E-state index in [1.165, 1.54) is 11.3 Å². The number of amides is 1. The van der Waals surface area contributed by atoms with Crippen LogP contribution in [0.1, 0.15) is 27.4 Å². The average Bonchev–Trinajstić information content (AvgIpc) is 3.33. The SMILES string of the molecule is CN=C(NCCCNC(=O)c1cccs1)NCc1oc2ccccc2c1C.I. The van der Waals surface area contributed by atoms with E-state index in [9.17, 15) is 4.79 Å². The molecule has 0 saturated heterocycles. The first-order chi connectivity index (χ1) is 13.2. The highest BCUT2D eigenvalue weighted by Crippen LogP contribution is 2.24. The Labute approximate surface area is 185 Å². The van der Waals surface area contributed by atoms with Crippen molar-refractivity contribution in [3.05, 3.63) is 58.0 Å². The minimum atomic E-state index is -0.0205. The Bertz CT molecular complexity index is 922. The summed E-state index contributed by atoms with van der Waals surface area (Å²) in [7, 11) is 1.74. The van der Waals surface area contributed by atoms with E-state index in [1.807, 2.05) is 35.7 Å². The van der Waals surface area contributed by atoms with E-state index in [0.29, 0.717) is 25.6 Å². The first-order valence-electron chi connectivity index (χ1n) is 8.92. The second-order valence-electron chi connectivity index (χ2n) is 6.09. The molecule has 3 rings (SSSR count). The molecule has 6 nitrogen and oxygen atoms in total. The molecule has 1 amide bonds. The summed E-state index contributed by atoms with van der Waals surface area (Å²) in [5.41, 5.74) is 2.04. The molecule has 0 bridgehead atoms. The van der Waals surface area contributed by atoms with Gasteiger partial charge in [-0.2, -0.15) is 0 Å². The van der Waals surface area contributed by atoms with Crippen molar-refractivity contribution in [3.8, 4) is 0 Å². The van der Waals surface area contributed by atoms with Crippen molar-refractivity contribution in [2.24, 2.45) is 4.99 Å². The molecule has 0 aliphatic heterocycles. The van der Waals surface area contributed by atoms with Gasteiger partial charge in [-0.1, -0.05) is 24.3 Å². The van der Waals surface area contributed by atoms with Crippen LogP contribution < -0.4 is 16.0 Å². The number of furan rings is 1. The number of aryl methyl sites for hydroxylation is 1. The van der Waals surface area contributed by atoms with Gasteiger partial charge >= 0.3 is 0 Å². The molecule has 3 N–H and O–H groups in total. The standard InChI is InChI=1S/C20H24N4O2S.HI/c1-14-15-7-3-4-8-16(15)26-17(14)13-24-20(21-2)23-11-6-10-22-19(25)18-9-5-12-27-18;/h3-5,7-9,12H,6,10-11,13H2,1-2H3,(H,22,25)(H2,21,23,24);1H. The largest absolute Gasteiger partial charge is 0.459 e. The number of aliphatic imine (C=N–C) groups is 1. The summed E-state index contributed by atoms with van der Waals surface area (Å²) in [4.78, 5) is 16.8. The number of guanidine groups is 1. The fraction of sp³-hybridized carbons (Fsp3) is 0.300. The van der Waals surface area contributed by atoms with Crippen LogP contribution in [0, 0.1) is 6.92 Å². The maximum Gasteiger partial charge on any atom is 0.261 e. The molecule has 8 heteroatoms. The Morgan fingerprint density at radius 1 is 1.11 bits per heavy atom. The average molecular weight is 512 g/mol. The van der Waals surface area contributed by atoms with Gasteiger partial charge in [0, 0.05) is 31.1 Å². The number of para-hydroxylation sites is 1. The minimum absolute atomic E-state index is 0. The van der Waals surface area contributed by atoms with Gasteiger partial charge < -0.3 is 20.4 Å². The zero-order valence-electron chi connectivity index (χ0n) is 16.0. The lowest BCUT2D eigenvalue weighted by atomic mass is 10.1. The normalized spacial score (nSPS) is 11.1. The maximum absolute atomic E-state index is 11.9. The molecule has 0 radical (unpaired) electrons. The molecule has 0 fully saturated rings. The van der Waals surface area contributed by atoms with Crippen molar-refractivity contribution in [2.45, 2.75) is 19.9 Å². The topological polar surface area (TPSA) is 78.7 Å². The van der Waals surface area contributed by atoms with E-state index >= 15 is 0 Å². The van der Waals surface area contributed by atoms with Gasteiger partial charge in [-0.05, 0) is 30.9 Å². The van der Waals surface area contributed by atoms with Crippen LogP contribution in [0.3, 0.4) is 0 Å². The Morgan fingerprint density at radius 3 is 2.61 bits per heavy atom. The number of nitrogens with zero attached hydrogens (tertiary/aromatic N) is 1. The lowest BCUT2D eigenvalue weighted by molar-refractivity contribution is 0.0957. The van der Waals surface area contributed by atoms with Crippen molar-refractivity contribution in [1.29, 1.82) is 0 Å². The second-order valence-corrected chi connectivity index (χ2v) is 7.03. The number of hydrogen-bond donors (Lipinski definition) is 3. The Balaban J connectivity index is 0.00000280. The highest BCUT2D eigenvalue weighted by atomic mass is 127. The number of carbonyl (C=O) groups excluding carboxylic acids is 1. The van der Waals surface area contributed by atoms with E-state index in [4.69, 9.17) is 4.42 Å². The number of benzene rings is 1. The maximum atomic E-state index is 11.9. The molecule has 28 heavy (non-hydrogen) atoms. The van der Waals surface area contributed by atoms with Crippen molar-refractivity contribution >= 4 is 58.1 Å². The predicted molar refractivity (Wildman–Crippen MR) is 126 cm³/mol. The molecule has 1 aromatic carbocycles. The number of thiophene rings is 1. The fourth-order valence-corrected chi connectivity index (χ4v) is 3.41. The van der Waals surface area contributed by atoms with Gasteiger partial charge in [0.15, 0.2) is 5.96 Å². The first kappa shape index (κ1) is 22.2. The molecule has 2 heterocycles. The first-order valence-corrected chi connectivity index (χ1v) is 9.80. The Hall–Kier alpha value is -2.07. The monoisotopic (exact) mass is 512 g/mol. The fourth-order valence-electron chi connectivity index (χ4n) is 2.77. The van der Waals surface area contributed by atoms with Gasteiger partial charge in [0.1, 0.15) is 11.3 Å². The molecule has 150 valence electrons. The lowest BCUT2D eigenvalue weighted by Crippen LogP contribution is -2.38. The molecular weight excluding hydrogens is 487 g/mol. The van der Waals surface area contributed by atoms with E-state index in [2.05, 4.69) is 33.9 Å². The predicted octanol–water partition coefficient (Wildman–Crippen LogP) is 3.91. The van der Waals surface area contributed by atoms with Crippen LogP contribution in [0.5, 0.6) is 0 Å². The molecule has 3 aromatic rings. The number of fused-ring (bicyclic) bond motifs is 1. The van der Waals surface area contributed by atoms with E-state index < -0.39 is 0 Å².